The van der Waals surface area contributed by atoms with Crippen LogP contribution in [0.25, 0.3) is 17.3 Å². The first kappa shape index (κ1) is 22.0. The Labute approximate surface area is 183 Å². The van der Waals surface area contributed by atoms with E-state index in [4.69, 9.17) is 5.10 Å². The van der Waals surface area contributed by atoms with Crippen molar-refractivity contribution in [3.63, 3.8) is 0 Å². The standard InChI is InChI=1S/C25H28N4O2/c1-4-19-10-12-21(13-11-19)25-22(14-15-24(31)28(3)18-23(30)26-2)17-29(27-25)16-20-8-6-5-7-9-20/h5-15,17H,4,16,18H2,1-3H3,(H,26,30)/b15-14+. The normalized spacial score (nSPS) is 10.9. The van der Waals surface area contributed by atoms with Crippen LogP contribution in [0.15, 0.2) is 66.9 Å². The molecule has 31 heavy (non-hydrogen) atoms. The Morgan fingerprint density at radius 1 is 1.06 bits per heavy atom. The van der Waals surface area contributed by atoms with Gasteiger partial charge >= 0.3 is 0 Å². The van der Waals surface area contributed by atoms with E-state index < -0.39 is 0 Å². The second kappa shape index (κ2) is 10.4. The average molecular weight is 417 g/mol. The van der Waals surface area contributed by atoms with Crippen LogP contribution in [-0.4, -0.2) is 47.1 Å². The molecular formula is C25H28N4O2. The van der Waals surface area contributed by atoms with Gasteiger partial charge in [-0.1, -0.05) is 61.5 Å². The van der Waals surface area contributed by atoms with E-state index in [1.54, 1.807) is 20.2 Å². The van der Waals surface area contributed by atoms with Crippen molar-refractivity contribution >= 4 is 17.9 Å². The van der Waals surface area contributed by atoms with E-state index in [1.165, 1.54) is 16.5 Å². The fourth-order valence-electron chi connectivity index (χ4n) is 3.19. The number of rotatable bonds is 8. The summed E-state index contributed by atoms with van der Waals surface area (Å²) in [6, 6.07) is 18.4. The highest BCUT2D eigenvalue weighted by molar-refractivity contribution is 5.95. The molecule has 0 atom stereocenters. The highest BCUT2D eigenvalue weighted by atomic mass is 16.2. The summed E-state index contributed by atoms with van der Waals surface area (Å²) in [5, 5.41) is 7.31. The SMILES string of the molecule is CCc1ccc(-c2nn(Cc3ccccc3)cc2/C=C/C(=O)N(C)CC(=O)NC)cc1. The number of nitrogens with zero attached hydrogens (tertiary/aromatic N) is 3. The van der Waals surface area contributed by atoms with Gasteiger partial charge in [0, 0.05) is 37.5 Å². The Bertz CT molecular complexity index is 1050. The summed E-state index contributed by atoms with van der Waals surface area (Å²) >= 11 is 0. The van der Waals surface area contributed by atoms with Crippen molar-refractivity contribution in [1.29, 1.82) is 0 Å². The van der Waals surface area contributed by atoms with Gasteiger partial charge in [-0.25, -0.2) is 0 Å². The smallest absolute Gasteiger partial charge is 0.246 e. The molecular weight excluding hydrogens is 388 g/mol. The van der Waals surface area contributed by atoms with Crippen molar-refractivity contribution in [2.45, 2.75) is 19.9 Å². The molecule has 0 aliphatic carbocycles. The molecule has 0 saturated carbocycles. The highest BCUT2D eigenvalue weighted by Gasteiger charge is 2.12. The van der Waals surface area contributed by atoms with E-state index in [1.807, 2.05) is 29.1 Å². The largest absolute Gasteiger partial charge is 0.358 e. The van der Waals surface area contributed by atoms with E-state index in [2.05, 4.69) is 48.6 Å². The fraction of sp³-hybridized carbons (Fsp3) is 0.240. The van der Waals surface area contributed by atoms with Crippen LogP contribution in [0.3, 0.4) is 0 Å². The van der Waals surface area contributed by atoms with Crippen molar-refractivity contribution in [1.82, 2.24) is 20.0 Å². The summed E-state index contributed by atoms with van der Waals surface area (Å²) in [4.78, 5) is 25.3. The van der Waals surface area contributed by atoms with Crippen LogP contribution in [0.4, 0.5) is 0 Å². The summed E-state index contributed by atoms with van der Waals surface area (Å²) in [5.41, 5.74) is 5.07. The molecule has 0 bridgehead atoms. The second-order valence-corrected chi connectivity index (χ2v) is 7.37. The Hall–Kier alpha value is -3.67. The third kappa shape index (κ3) is 5.92. The maximum atomic E-state index is 12.4. The number of carbonyl (C=O) groups is 2. The Balaban J connectivity index is 1.88. The molecule has 2 aromatic carbocycles. The molecule has 1 heterocycles. The van der Waals surface area contributed by atoms with Crippen LogP contribution in [0.2, 0.25) is 0 Å². The number of hydrogen-bond acceptors (Lipinski definition) is 3. The van der Waals surface area contributed by atoms with Crippen LogP contribution in [0.5, 0.6) is 0 Å². The number of likely N-dealkylation sites (N-methyl/N-ethyl adjacent to an activating group) is 2. The molecule has 160 valence electrons. The van der Waals surface area contributed by atoms with Crippen molar-refractivity contribution in [2.75, 3.05) is 20.6 Å². The van der Waals surface area contributed by atoms with Gasteiger partial charge < -0.3 is 10.2 Å². The van der Waals surface area contributed by atoms with Crippen molar-refractivity contribution in [3.8, 4) is 11.3 Å². The maximum absolute atomic E-state index is 12.4. The predicted octanol–water partition coefficient (Wildman–Crippen LogP) is 3.38. The summed E-state index contributed by atoms with van der Waals surface area (Å²) in [5.74, 6) is -0.455. The van der Waals surface area contributed by atoms with Crippen LogP contribution in [0, 0.1) is 0 Å². The zero-order chi connectivity index (χ0) is 22.2. The summed E-state index contributed by atoms with van der Waals surface area (Å²) in [6.45, 7) is 2.77. The molecule has 1 N–H and O–H groups in total. The summed E-state index contributed by atoms with van der Waals surface area (Å²) in [6.07, 6.45) is 6.16. The van der Waals surface area contributed by atoms with Crippen LogP contribution >= 0.6 is 0 Å². The van der Waals surface area contributed by atoms with E-state index >= 15 is 0 Å². The molecule has 1 aromatic heterocycles. The molecule has 6 nitrogen and oxygen atoms in total. The molecule has 0 saturated heterocycles. The Kier molecular flexibility index (Phi) is 7.38. The van der Waals surface area contributed by atoms with Gasteiger partial charge in [-0.3, -0.25) is 14.3 Å². The van der Waals surface area contributed by atoms with Gasteiger partial charge in [0.2, 0.25) is 11.8 Å². The Morgan fingerprint density at radius 3 is 2.42 bits per heavy atom. The first-order valence-corrected chi connectivity index (χ1v) is 10.3. The lowest BCUT2D eigenvalue weighted by Gasteiger charge is -2.13. The summed E-state index contributed by atoms with van der Waals surface area (Å²) < 4.78 is 1.89. The van der Waals surface area contributed by atoms with E-state index in [-0.39, 0.29) is 18.4 Å². The molecule has 0 aliphatic heterocycles. The first-order valence-electron chi connectivity index (χ1n) is 10.3. The lowest BCUT2D eigenvalue weighted by atomic mass is 10.0. The fourth-order valence-corrected chi connectivity index (χ4v) is 3.19. The lowest BCUT2D eigenvalue weighted by molar-refractivity contribution is -0.130. The van der Waals surface area contributed by atoms with E-state index in [9.17, 15) is 9.59 Å². The maximum Gasteiger partial charge on any atom is 0.246 e. The van der Waals surface area contributed by atoms with Crippen LogP contribution < -0.4 is 5.32 Å². The topological polar surface area (TPSA) is 67.2 Å². The monoisotopic (exact) mass is 416 g/mol. The number of carbonyl (C=O) groups excluding carboxylic acids is 2. The minimum absolute atomic E-state index is 0.0122. The minimum Gasteiger partial charge on any atom is -0.358 e. The summed E-state index contributed by atoms with van der Waals surface area (Å²) in [7, 11) is 3.15. The number of aryl methyl sites for hydroxylation is 1. The molecule has 0 spiro atoms. The van der Waals surface area contributed by atoms with Crippen molar-refractivity contribution in [3.05, 3.63) is 83.6 Å². The molecule has 3 rings (SSSR count). The van der Waals surface area contributed by atoms with Gasteiger partial charge in [0.05, 0.1) is 18.8 Å². The zero-order valence-corrected chi connectivity index (χ0v) is 18.2. The predicted molar refractivity (Wildman–Crippen MR) is 123 cm³/mol. The number of nitrogens with one attached hydrogen (secondary N) is 1. The molecule has 2 amide bonds. The first-order chi connectivity index (χ1) is 15.0. The second-order valence-electron chi connectivity index (χ2n) is 7.37. The lowest BCUT2D eigenvalue weighted by Crippen LogP contribution is -2.35. The average Bonchev–Trinajstić information content (AvgIpc) is 3.20. The number of amides is 2. The van der Waals surface area contributed by atoms with Crippen LogP contribution in [-0.2, 0) is 22.6 Å². The van der Waals surface area contributed by atoms with Gasteiger partial charge in [-0.15, -0.1) is 0 Å². The van der Waals surface area contributed by atoms with Crippen LogP contribution in [0.1, 0.15) is 23.6 Å². The van der Waals surface area contributed by atoms with Crippen molar-refractivity contribution in [2.24, 2.45) is 0 Å². The molecule has 0 aliphatic rings. The molecule has 0 radical (unpaired) electrons. The number of hydrogen-bond donors (Lipinski definition) is 1. The Morgan fingerprint density at radius 2 is 1.77 bits per heavy atom. The molecule has 6 heteroatoms. The van der Waals surface area contributed by atoms with Crippen molar-refractivity contribution < 1.29 is 9.59 Å². The number of benzene rings is 2. The molecule has 3 aromatic rings. The van der Waals surface area contributed by atoms with Gasteiger partial charge in [0.25, 0.3) is 0 Å². The van der Waals surface area contributed by atoms with E-state index in [0.717, 1.165) is 28.8 Å². The number of aromatic nitrogens is 2. The minimum atomic E-state index is -0.244. The van der Waals surface area contributed by atoms with Gasteiger partial charge in [0.15, 0.2) is 0 Å². The quantitative estimate of drug-likeness (QED) is 0.573. The highest BCUT2D eigenvalue weighted by Crippen LogP contribution is 2.24. The van der Waals surface area contributed by atoms with Gasteiger partial charge in [0.1, 0.15) is 0 Å². The third-order valence-corrected chi connectivity index (χ3v) is 5.05. The third-order valence-electron chi connectivity index (χ3n) is 5.05. The molecule has 0 unspecified atom stereocenters. The molecule has 0 fully saturated rings. The zero-order valence-electron chi connectivity index (χ0n) is 18.2. The van der Waals surface area contributed by atoms with Gasteiger partial charge in [-0.05, 0) is 23.6 Å². The van der Waals surface area contributed by atoms with E-state index in [0.29, 0.717) is 6.54 Å². The van der Waals surface area contributed by atoms with Gasteiger partial charge in [-0.2, -0.15) is 5.10 Å².